The Morgan fingerprint density at radius 1 is 1.33 bits per heavy atom. The molecule has 0 spiro atoms. The van der Waals surface area contributed by atoms with Gasteiger partial charge in [-0.25, -0.2) is 9.89 Å². The van der Waals surface area contributed by atoms with Gasteiger partial charge in [0.05, 0.1) is 0 Å². The lowest BCUT2D eigenvalue weighted by Gasteiger charge is -2.39. The van der Waals surface area contributed by atoms with Crippen LogP contribution in [0.15, 0.2) is 16.9 Å². The largest absolute Gasteiger partial charge is 0.364 e. The highest BCUT2D eigenvalue weighted by molar-refractivity contribution is 5.45. The van der Waals surface area contributed by atoms with E-state index < -0.39 is 0 Å². The predicted octanol–water partition coefficient (Wildman–Crippen LogP) is -0.723. The zero-order valence-electron chi connectivity index (χ0n) is 12.2. The number of fused-ring (bicyclic) bond motifs is 1. The molecular formula is C13H21N7O. The van der Waals surface area contributed by atoms with Crippen molar-refractivity contribution in [2.24, 2.45) is 5.73 Å². The Morgan fingerprint density at radius 3 is 2.76 bits per heavy atom. The Morgan fingerprint density at radius 2 is 2.10 bits per heavy atom. The summed E-state index contributed by atoms with van der Waals surface area (Å²) >= 11 is 0. The molecule has 8 heteroatoms. The number of rotatable bonds is 4. The molecule has 8 nitrogen and oxygen atoms in total. The van der Waals surface area contributed by atoms with Crippen LogP contribution in [-0.2, 0) is 0 Å². The highest BCUT2D eigenvalue weighted by atomic mass is 16.2. The Bertz CT molecular complexity index is 652. The van der Waals surface area contributed by atoms with Crippen molar-refractivity contribution >= 4 is 11.5 Å². The molecule has 21 heavy (non-hydrogen) atoms. The van der Waals surface area contributed by atoms with Gasteiger partial charge in [-0.3, -0.25) is 4.90 Å². The van der Waals surface area contributed by atoms with Crippen LogP contribution in [0.2, 0.25) is 0 Å². The summed E-state index contributed by atoms with van der Waals surface area (Å²) in [5.74, 6) is 0.812. The number of nitrogens with zero attached hydrogens (tertiary/aromatic N) is 5. The summed E-state index contributed by atoms with van der Waals surface area (Å²) in [6, 6.07) is 4.17. The Hall–Kier alpha value is -1.93. The van der Waals surface area contributed by atoms with E-state index in [1.165, 1.54) is 4.52 Å². The molecule has 0 amide bonds. The molecule has 0 aliphatic carbocycles. The van der Waals surface area contributed by atoms with Crippen molar-refractivity contribution in [1.29, 1.82) is 0 Å². The van der Waals surface area contributed by atoms with Crippen molar-refractivity contribution in [3.8, 4) is 0 Å². The van der Waals surface area contributed by atoms with Crippen LogP contribution in [0.5, 0.6) is 0 Å². The topological polar surface area (TPSA) is 95.5 Å². The third-order valence-electron chi connectivity index (χ3n) is 4.16. The van der Waals surface area contributed by atoms with E-state index in [2.05, 4.69) is 32.0 Å². The minimum Gasteiger partial charge on any atom is -0.353 e. The standard InChI is InChI=1S/C13H21N7O/c1-2-10(9-14)18-5-7-19(8-6-18)12-4-3-11-15-16-13(21)20(11)17-12/h3-4,10H,2,5-9,14H2,1H3,(H,16,21). The third kappa shape index (κ3) is 2.64. The molecule has 1 fully saturated rings. The maximum atomic E-state index is 11.6. The predicted molar refractivity (Wildman–Crippen MR) is 80.5 cm³/mol. The van der Waals surface area contributed by atoms with Gasteiger partial charge in [0.1, 0.15) is 5.82 Å². The molecule has 3 rings (SSSR count). The second-order valence-corrected chi connectivity index (χ2v) is 5.31. The van der Waals surface area contributed by atoms with Gasteiger partial charge in [0.25, 0.3) is 0 Å². The molecule has 1 aliphatic rings. The van der Waals surface area contributed by atoms with E-state index in [4.69, 9.17) is 5.73 Å². The number of aromatic amines is 1. The molecule has 0 saturated carbocycles. The number of piperazine rings is 1. The first-order chi connectivity index (χ1) is 10.2. The highest BCUT2D eigenvalue weighted by Crippen LogP contribution is 2.15. The average molecular weight is 291 g/mol. The number of anilines is 1. The number of H-pyrrole nitrogens is 1. The highest BCUT2D eigenvalue weighted by Gasteiger charge is 2.22. The lowest BCUT2D eigenvalue weighted by atomic mass is 10.1. The van der Waals surface area contributed by atoms with E-state index in [1.54, 1.807) is 6.07 Å². The molecule has 0 aromatic carbocycles. The molecular weight excluding hydrogens is 270 g/mol. The average Bonchev–Trinajstić information content (AvgIpc) is 2.90. The molecule has 1 atom stereocenters. The Balaban J connectivity index is 1.73. The summed E-state index contributed by atoms with van der Waals surface area (Å²) in [5.41, 5.74) is 6.04. The molecule has 0 radical (unpaired) electrons. The first-order valence-corrected chi connectivity index (χ1v) is 7.36. The zero-order valence-corrected chi connectivity index (χ0v) is 12.2. The van der Waals surface area contributed by atoms with Crippen LogP contribution >= 0.6 is 0 Å². The second kappa shape index (κ2) is 5.82. The van der Waals surface area contributed by atoms with Crippen molar-refractivity contribution in [3.05, 3.63) is 22.6 Å². The summed E-state index contributed by atoms with van der Waals surface area (Å²) in [7, 11) is 0. The van der Waals surface area contributed by atoms with E-state index in [0.717, 1.165) is 38.4 Å². The molecule has 1 unspecified atom stereocenters. The normalized spacial score (nSPS) is 18.3. The van der Waals surface area contributed by atoms with Gasteiger partial charge < -0.3 is 10.6 Å². The van der Waals surface area contributed by atoms with Crippen LogP contribution in [0, 0.1) is 0 Å². The van der Waals surface area contributed by atoms with Gasteiger partial charge in [-0.1, -0.05) is 6.92 Å². The van der Waals surface area contributed by atoms with Gasteiger partial charge >= 0.3 is 5.69 Å². The van der Waals surface area contributed by atoms with Gasteiger partial charge in [-0.15, -0.1) is 5.10 Å². The summed E-state index contributed by atoms with van der Waals surface area (Å²) in [5, 5.41) is 10.6. The van der Waals surface area contributed by atoms with E-state index >= 15 is 0 Å². The summed E-state index contributed by atoms with van der Waals surface area (Å²) in [6.45, 7) is 6.59. The van der Waals surface area contributed by atoms with Crippen LogP contribution in [0.4, 0.5) is 5.82 Å². The fourth-order valence-electron chi connectivity index (χ4n) is 2.85. The van der Waals surface area contributed by atoms with Gasteiger partial charge in [0.15, 0.2) is 5.65 Å². The smallest absolute Gasteiger partial charge is 0.353 e. The number of hydrogen-bond donors (Lipinski definition) is 2. The van der Waals surface area contributed by atoms with Gasteiger partial charge in [-0.2, -0.15) is 9.61 Å². The Labute approximate surface area is 122 Å². The van der Waals surface area contributed by atoms with Crippen molar-refractivity contribution in [3.63, 3.8) is 0 Å². The van der Waals surface area contributed by atoms with Crippen LogP contribution in [0.3, 0.4) is 0 Å². The minimum absolute atomic E-state index is 0.306. The van der Waals surface area contributed by atoms with Crippen molar-refractivity contribution in [2.75, 3.05) is 37.6 Å². The van der Waals surface area contributed by atoms with Crippen molar-refractivity contribution < 1.29 is 0 Å². The molecule has 2 aromatic rings. The van der Waals surface area contributed by atoms with Crippen LogP contribution < -0.4 is 16.3 Å². The molecule has 0 bridgehead atoms. The number of hydrogen-bond acceptors (Lipinski definition) is 6. The number of nitrogens with one attached hydrogen (secondary N) is 1. The molecule has 2 aromatic heterocycles. The SMILES string of the molecule is CCC(CN)N1CCN(c2ccc3n[nH]c(=O)n3n2)CC1. The van der Waals surface area contributed by atoms with Gasteiger partial charge in [-0.05, 0) is 18.6 Å². The molecule has 3 N–H and O–H groups in total. The van der Waals surface area contributed by atoms with Crippen molar-refractivity contribution in [1.82, 2.24) is 24.7 Å². The van der Waals surface area contributed by atoms with E-state index in [-0.39, 0.29) is 5.69 Å². The lowest BCUT2D eigenvalue weighted by molar-refractivity contribution is 0.184. The summed E-state index contributed by atoms with van der Waals surface area (Å²) in [6.07, 6.45) is 1.07. The monoisotopic (exact) mass is 291 g/mol. The zero-order chi connectivity index (χ0) is 14.8. The molecule has 114 valence electrons. The van der Waals surface area contributed by atoms with E-state index in [0.29, 0.717) is 18.2 Å². The summed E-state index contributed by atoms with van der Waals surface area (Å²) in [4.78, 5) is 16.2. The number of aromatic nitrogens is 4. The van der Waals surface area contributed by atoms with E-state index in [9.17, 15) is 4.79 Å². The first-order valence-electron chi connectivity index (χ1n) is 7.36. The molecule has 1 aliphatic heterocycles. The third-order valence-corrected chi connectivity index (χ3v) is 4.16. The molecule has 1 saturated heterocycles. The van der Waals surface area contributed by atoms with Crippen LogP contribution in [-0.4, -0.2) is 63.5 Å². The van der Waals surface area contributed by atoms with Gasteiger partial charge in [0, 0.05) is 38.8 Å². The molecule has 3 heterocycles. The second-order valence-electron chi connectivity index (χ2n) is 5.31. The fraction of sp³-hybridized carbons (Fsp3) is 0.615. The van der Waals surface area contributed by atoms with Crippen molar-refractivity contribution in [2.45, 2.75) is 19.4 Å². The first kappa shape index (κ1) is 14.0. The van der Waals surface area contributed by atoms with Crippen LogP contribution in [0.25, 0.3) is 5.65 Å². The van der Waals surface area contributed by atoms with Gasteiger partial charge in [0.2, 0.25) is 0 Å². The number of nitrogens with two attached hydrogens (primary N) is 1. The van der Waals surface area contributed by atoms with Crippen LogP contribution in [0.1, 0.15) is 13.3 Å². The maximum absolute atomic E-state index is 11.6. The summed E-state index contributed by atoms with van der Waals surface area (Å²) < 4.78 is 1.30. The Kier molecular flexibility index (Phi) is 3.89. The minimum atomic E-state index is -0.306. The lowest BCUT2D eigenvalue weighted by Crippen LogP contribution is -2.52. The fourth-order valence-corrected chi connectivity index (χ4v) is 2.85. The quantitative estimate of drug-likeness (QED) is 0.771. The van der Waals surface area contributed by atoms with E-state index in [1.807, 2.05) is 6.07 Å². The maximum Gasteiger partial charge on any atom is 0.364 e.